The number of halogens is 1. The van der Waals surface area contributed by atoms with Gasteiger partial charge in [0.1, 0.15) is 11.9 Å². The van der Waals surface area contributed by atoms with E-state index in [1.54, 1.807) is 0 Å². The summed E-state index contributed by atoms with van der Waals surface area (Å²) in [5.74, 6) is -1.13. The van der Waals surface area contributed by atoms with Gasteiger partial charge in [0.05, 0.1) is 7.11 Å². The van der Waals surface area contributed by atoms with Gasteiger partial charge < -0.3 is 20.1 Å². The number of ether oxygens (including phenoxy) is 1. The fourth-order valence-electron chi connectivity index (χ4n) is 1.20. The zero-order valence-corrected chi connectivity index (χ0v) is 9.18. The molecule has 0 aromatic heterocycles. The van der Waals surface area contributed by atoms with Gasteiger partial charge in [-0.3, -0.25) is 0 Å². The standard InChI is InChI=1S/C10H11ClO5/c1-16-10(15)9(14)8(13)5-2-6(11)4-7(12)3-5/h2-4,8-9,12-14H,1H3. The smallest absolute Gasteiger partial charge is 0.337 e. The van der Waals surface area contributed by atoms with Crippen LogP contribution in [0.5, 0.6) is 5.75 Å². The summed E-state index contributed by atoms with van der Waals surface area (Å²) in [6.45, 7) is 0. The Morgan fingerprint density at radius 2 is 2.00 bits per heavy atom. The molecule has 3 N–H and O–H groups in total. The van der Waals surface area contributed by atoms with Crippen molar-refractivity contribution in [2.24, 2.45) is 0 Å². The predicted molar refractivity (Wildman–Crippen MR) is 56.1 cm³/mol. The summed E-state index contributed by atoms with van der Waals surface area (Å²) in [6.07, 6.45) is -3.22. The highest BCUT2D eigenvalue weighted by Crippen LogP contribution is 2.26. The number of hydrogen-bond donors (Lipinski definition) is 3. The minimum absolute atomic E-state index is 0.128. The van der Waals surface area contributed by atoms with Crippen molar-refractivity contribution in [1.29, 1.82) is 0 Å². The van der Waals surface area contributed by atoms with E-state index in [1.807, 2.05) is 0 Å². The molecule has 0 bridgehead atoms. The van der Waals surface area contributed by atoms with Gasteiger partial charge >= 0.3 is 5.97 Å². The number of hydrogen-bond acceptors (Lipinski definition) is 5. The summed E-state index contributed by atoms with van der Waals surface area (Å²) >= 11 is 5.64. The fraction of sp³-hybridized carbons (Fsp3) is 0.300. The third-order valence-corrected chi connectivity index (χ3v) is 2.21. The highest BCUT2D eigenvalue weighted by atomic mass is 35.5. The van der Waals surface area contributed by atoms with Gasteiger partial charge in [0, 0.05) is 5.02 Å². The second kappa shape index (κ2) is 5.16. The van der Waals surface area contributed by atoms with E-state index in [1.165, 1.54) is 18.2 Å². The molecule has 0 aliphatic rings. The molecule has 1 rings (SSSR count). The van der Waals surface area contributed by atoms with Crippen LogP contribution in [-0.4, -0.2) is 34.5 Å². The Bertz CT molecular complexity index is 373. The minimum atomic E-state index is -1.72. The predicted octanol–water partition coefficient (Wildman–Crippen LogP) is 0.613. The largest absolute Gasteiger partial charge is 0.508 e. The summed E-state index contributed by atoms with van der Waals surface area (Å²) in [5.41, 5.74) is 0.128. The molecule has 0 heterocycles. The number of aliphatic hydroxyl groups excluding tert-OH is 2. The third kappa shape index (κ3) is 2.85. The van der Waals surface area contributed by atoms with Crippen LogP contribution in [0.3, 0.4) is 0 Å². The average molecular weight is 247 g/mol. The lowest BCUT2D eigenvalue weighted by atomic mass is 10.0. The van der Waals surface area contributed by atoms with Crippen molar-refractivity contribution in [2.75, 3.05) is 7.11 Å². The number of phenolic OH excluding ortho intramolecular Hbond substituents is 1. The number of benzene rings is 1. The van der Waals surface area contributed by atoms with Crippen LogP contribution >= 0.6 is 11.6 Å². The molecule has 0 aliphatic heterocycles. The second-order valence-corrected chi connectivity index (χ2v) is 3.59. The topological polar surface area (TPSA) is 87.0 Å². The van der Waals surface area contributed by atoms with Crippen molar-refractivity contribution < 1.29 is 24.9 Å². The van der Waals surface area contributed by atoms with Crippen molar-refractivity contribution >= 4 is 17.6 Å². The van der Waals surface area contributed by atoms with E-state index in [9.17, 15) is 20.1 Å². The molecule has 2 unspecified atom stereocenters. The van der Waals surface area contributed by atoms with Gasteiger partial charge in [-0.05, 0) is 23.8 Å². The van der Waals surface area contributed by atoms with Crippen molar-refractivity contribution in [2.45, 2.75) is 12.2 Å². The SMILES string of the molecule is COC(=O)C(O)C(O)c1cc(O)cc(Cl)c1. The first kappa shape index (κ1) is 12.8. The van der Waals surface area contributed by atoms with Crippen LogP contribution in [0, 0.1) is 0 Å². The Kier molecular flexibility index (Phi) is 4.12. The first-order valence-corrected chi connectivity index (χ1v) is 4.77. The fourth-order valence-corrected chi connectivity index (χ4v) is 1.44. The molecule has 5 nitrogen and oxygen atoms in total. The second-order valence-electron chi connectivity index (χ2n) is 3.16. The molecule has 16 heavy (non-hydrogen) atoms. The van der Waals surface area contributed by atoms with Crippen LogP contribution in [0.1, 0.15) is 11.7 Å². The molecule has 0 fully saturated rings. The van der Waals surface area contributed by atoms with E-state index < -0.39 is 18.2 Å². The van der Waals surface area contributed by atoms with Gasteiger partial charge in [-0.25, -0.2) is 4.79 Å². The highest BCUT2D eigenvalue weighted by Gasteiger charge is 2.26. The number of rotatable bonds is 3. The van der Waals surface area contributed by atoms with Crippen LogP contribution < -0.4 is 0 Å². The summed E-state index contributed by atoms with van der Waals surface area (Å²) in [5, 5.41) is 28.4. The first-order chi connectivity index (χ1) is 7.45. The summed E-state index contributed by atoms with van der Waals surface area (Å²) in [6, 6.07) is 3.79. The molecular weight excluding hydrogens is 236 g/mol. The van der Waals surface area contributed by atoms with Crippen LogP contribution in [0.15, 0.2) is 18.2 Å². The Balaban J connectivity index is 2.95. The van der Waals surface area contributed by atoms with Crippen LogP contribution in [-0.2, 0) is 9.53 Å². The normalized spacial score (nSPS) is 14.2. The third-order valence-electron chi connectivity index (χ3n) is 1.99. The monoisotopic (exact) mass is 246 g/mol. The molecule has 0 aliphatic carbocycles. The van der Waals surface area contributed by atoms with Crippen molar-refractivity contribution in [3.8, 4) is 5.75 Å². The Morgan fingerprint density at radius 1 is 1.38 bits per heavy atom. The van der Waals surface area contributed by atoms with Gasteiger partial charge in [0.2, 0.25) is 0 Å². The summed E-state index contributed by atoms with van der Waals surface area (Å²) in [7, 11) is 1.09. The number of esters is 1. The van der Waals surface area contributed by atoms with Gasteiger partial charge in [0.15, 0.2) is 6.10 Å². The number of methoxy groups -OCH3 is 1. The number of aliphatic hydroxyl groups is 2. The van der Waals surface area contributed by atoms with E-state index in [-0.39, 0.29) is 16.3 Å². The van der Waals surface area contributed by atoms with Gasteiger partial charge in [-0.15, -0.1) is 0 Å². The van der Waals surface area contributed by atoms with Crippen molar-refractivity contribution in [1.82, 2.24) is 0 Å². The van der Waals surface area contributed by atoms with Gasteiger partial charge in [0.25, 0.3) is 0 Å². The van der Waals surface area contributed by atoms with Gasteiger partial charge in [-0.1, -0.05) is 11.6 Å². The lowest BCUT2D eigenvalue weighted by molar-refractivity contribution is -0.156. The quantitative estimate of drug-likeness (QED) is 0.681. The minimum Gasteiger partial charge on any atom is -0.508 e. The molecule has 0 amide bonds. The van der Waals surface area contributed by atoms with Crippen LogP contribution in [0.4, 0.5) is 0 Å². The molecule has 0 radical (unpaired) electrons. The number of carbonyl (C=O) groups excluding carboxylic acids is 1. The molecule has 1 aromatic carbocycles. The van der Waals surface area contributed by atoms with E-state index in [0.717, 1.165) is 7.11 Å². The maximum absolute atomic E-state index is 11.0. The zero-order valence-electron chi connectivity index (χ0n) is 8.42. The maximum Gasteiger partial charge on any atom is 0.337 e. The van der Waals surface area contributed by atoms with E-state index in [0.29, 0.717) is 0 Å². The number of carbonyl (C=O) groups is 1. The molecule has 1 aromatic rings. The summed E-state index contributed by atoms with van der Waals surface area (Å²) in [4.78, 5) is 11.0. The average Bonchev–Trinajstić information content (AvgIpc) is 2.24. The number of aromatic hydroxyl groups is 1. The van der Waals surface area contributed by atoms with E-state index in [4.69, 9.17) is 11.6 Å². The molecule has 0 spiro atoms. The Morgan fingerprint density at radius 3 is 2.50 bits per heavy atom. The van der Waals surface area contributed by atoms with Crippen LogP contribution in [0.25, 0.3) is 0 Å². The lowest BCUT2D eigenvalue weighted by Gasteiger charge is -2.16. The van der Waals surface area contributed by atoms with Crippen molar-refractivity contribution in [3.63, 3.8) is 0 Å². The highest BCUT2D eigenvalue weighted by molar-refractivity contribution is 6.30. The molecule has 88 valence electrons. The number of phenols is 1. The lowest BCUT2D eigenvalue weighted by Crippen LogP contribution is -2.29. The molecule has 0 saturated carbocycles. The zero-order chi connectivity index (χ0) is 12.3. The van der Waals surface area contributed by atoms with E-state index >= 15 is 0 Å². The maximum atomic E-state index is 11.0. The molecular formula is C10H11ClO5. The Hall–Kier alpha value is -1.30. The molecule has 6 heteroatoms. The first-order valence-electron chi connectivity index (χ1n) is 4.39. The molecule has 2 atom stereocenters. The molecule has 0 saturated heterocycles. The van der Waals surface area contributed by atoms with E-state index in [2.05, 4.69) is 4.74 Å². The summed E-state index contributed by atoms with van der Waals surface area (Å²) < 4.78 is 4.27. The van der Waals surface area contributed by atoms with Crippen LogP contribution in [0.2, 0.25) is 5.02 Å². The Labute approximate surface area is 96.9 Å². The van der Waals surface area contributed by atoms with Crippen molar-refractivity contribution in [3.05, 3.63) is 28.8 Å². The van der Waals surface area contributed by atoms with Gasteiger partial charge in [-0.2, -0.15) is 0 Å².